The van der Waals surface area contributed by atoms with E-state index in [1.165, 1.54) is 18.5 Å². The van der Waals surface area contributed by atoms with Gasteiger partial charge >= 0.3 is 0 Å². The van der Waals surface area contributed by atoms with Crippen molar-refractivity contribution in [3.8, 4) is 0 Å². The molecule has 1 aliphatic rings. The average Bonchev–Trinajstić information content (AvgIpc) is 2.29. The van der Waals surface area contributed by atoms with E-state index in [0.717, 1.165) is 13.1 Å². The fourth-order valence-corrected chi connectivity index (χ4v) is 2.40. The van der Waals surface area contributed by atoms with Crippen LogP contribution in [0.1, 0.15) is 12.8 Å². The number of rotatable bonds is 2. The second kappa shape index (κ2) is 5.02. The molecule has 1 aliphatic heterocycles. The molecule has 16 heavy (non-hydrogen) atoms. The van der Waals surface area contributed by atoms with Gasteiger partial charge in [0.25, 0.3) is 0 Å². The summed E-state index contributed by atoms with van der Waals surface area (Å²) in [6.45, 7) is 2.20. The summed E-state index contributed by atoms with van der Waals surface area (Å²) < 4.78 is 0. The van der Waals surface area contributed by atoms with Crippen LogP contribution in [0.25, 0.3) is 0 Å². The van der Waals surface area contributed by atoms with Crippen LogP contribution < -0.4 is 4.90 Å². The number of nitrogens with zero attached hydrogens (tertiary/aromatic N) is 3. The summed E-state index contributed by atoms with van der Waals surface area (Å²) in [4.78, 5) is 8.71. The fourth-order valence-electron chi connectivity index (χ4n) is 2.23. The van der Waals surface area contributed by atoms with Crippen molar-refractivity contribution in [1.29, 1.82) is 0 Å². The van der Waals surface area contributed by atoms with Gasteiger partial charge in [0.15, 0.2) is 0 Å². The predicted octanol–water partition coefficient (Wildman–Crippen LogP) is 2.27. The van der Waals surface area contributed by atoms with Crippen molar-refractivity contribution in [1.82, 2.24) is 9.88 Å². The minimum Gasteiger partial charge on any atom is -0.371 e. The van der Waals surface area contributed by atoms with Crippen molar-refractivity contribution >= 4 is 17.3 Å². The third kappa shape index (κ3) is 2.66. The normalized spacial score (nSPS) is 18.1. The fraction of sp³-hybridized carbons (Fsp3) is 0.583. The number of hydrogen-bond acceptors (Lipinski definition) is 3. The monoisotopic (exact) mass is 239 g/mol. The minimum atomic E-state index is 0.576. The number of piperidine rings is 1. The van der Waals surface area contributed by atoms with E-state index in [1.54, 1.807) is 6.20 Å². The quantitative estimate of drug-likeness (QED) is 0.739. The number of hydrogen-bond donors (Lipinski definition) is 0. The Hall–Kier alpha value is -0.800. The van der Waals surface area contributed by atoms with E-state index in [1.807, 2.05) is 12.1 Å². The number of pyridine rings is 1. The van der Waals surface area contributed by atoms with Crippen LogP contribution in [0.2, 0.25) is 5.15 Å². The highest BCUT2D eigenvalue weighted by molar-refractivity contribution is 6.29. The Labute approximate surface area is 102 Å². The van der Waals surface area contributed by atoms with Crippen LogP contribution in [-0.4, -0.2) is 43.1 Å². The van der Waals surface area contributed by atoms with Crippen molar-refractivity contribution < 1.29 is 0 Å². The van der Waals surface area contributed by atoms with Gasteiger partial charge in [0.05, 0.1) is 0 Å². The van der Waals surface area contributed by atoms with Gasteiger partial charge in [-0.25, -0.2) is 4.98 Å². The van der Waals surface area contributed by atoms with E-state index in [-0.39, 0.29) is 0 Å². The Balaban J connectivity index is 1.99. The first-order valence-corrected chi connectivity index (χ1v) is 6.07. The first-order chi connectivity index (χ1) is 7.66. The smallest absolute Gasteiger partial charge is 0.131 e. The summed E-state index contributed by atoms with van der Waals surface area (Å²) in [5.74, 6) is 0. The second-order valence-corrected chi connectivity index (χ2v) is 4.91. The molecule has 0 bridgehead atoms. The number of anilines is 1. The maximum Gasteiger partial charge on any atom is 0.131 e. The topological polar surface area (TPSA) is 19.4 Å². The first-order valence-electron chi connectivity index (χ1n) is 5.70. The number of halogens is 1. The molecule has 0 atom stereocenters. The molecule has 2 rings (SSSR count). The summed E-state index contributed by atoms with van der Waals surface area (Å²) in [5, 5.41) is 0.576. The lowest BCUT2D eigenvalue weighted by Gasteiger charge is -2.36. The summed E-state index contributed by atoms with van der Waals surface area (Å²) in [6, 6.07) is 4.69. The van der Waals surface area contributed by atoms with Crippen molar-refractivity contribution in [3.63, 3.8) is 0 Å². The molecule has 4 heteroatoms. The zero-order chi connectivity index (χ0) is 11.5. The van der Waals surface area contributed by atoms with Crippen molar-refractivity contribution in [2.75, 3.05) is 32.1 Å². The zero-order valence-corrected chi connectivity index (χ0v) is 10.6. The van der Waals surface area contributed by atoms with Gasteiger partial charge in [0.1, 0.15) is 5.15 Å². The highest BCUT2D eigenvalue weighted by Gasteiger charge is 2.20. The van der Waals surface area contributed by atoms with E-state index in [2.05, 4.69) is 28.9 Å². The SMILES string of the molecule is CN(C)C1CCN(c2ccnc(Cl)c2)CC1. The van der Waals surface area contributed by atoms with Crippen LogP contribution in [0.15, 0.2) is 18.3 Å². The molecule has 88 valence electrons. The van der Waals surface area contributed by atoms with Crippen LogP contribution in [0.5, 0.6) is 0 Å². The van der Waals surface area contributed by atoms with Crippen LogP contribution in [0.4, 0.5) is 5.69 Å². The van der Waals surface area contributed by atoms with E-state index in [0.29, 0.717) is 11.2 Å². The molecular formula is C12H18ClN3. The second-order valence-electron chi connectivity index (χ2n) is 4.52. The first kappa shape index (κ1) is 11.7. The van der Waals surface area contributed by atoms with Crippen LogP contribution in [0, 0.1) is 0 Å². The minimum absolute atomic E-state index is 0.576. The van der Waals surface area contributed by atoms with E-state index >= 15 is 0 Å². The molecule has 3 nitrogen and oxygen atoms in total. The van der Waals surface area contributed by atoms with Crippen LogP contribution in [-0.2, 0) is 0 Å². The van der Waals surface area contributed by atoms with E-state index < -0.39 is 0 Å². The lowest BCUT2D eigenvalue weighted by Crippen LogP contribution is -2.41. The van der Waals surface area contributed by atoms with Gasteiger partial charge in [0, 0.05) is 31.0 Å². The molecular weight excluding hydrogens is 222 g/mol. The van der Waals surface area contributed by atoms with Gasteiger partial charge in [-0.05, 0) is 39.1 Å². The molecule has 0 unspecified atom stereocenters. The highest BCUT2D eigenvalue weighted by atomic mass is 35.5. The summed E-state index contributed by atoms with van der Waals surface area (Å²) in [5.41, 5.74) is 1.19. The Bertz CT molecular complexity index is 346. The Morgan fingerprint density at radius 2 is 2.06 bits per heavy atom. The van der Waals surface area contributed by atoms with E-state index in [4.69, 9.17) is 11.6 Å². The van der Waals surface area contributed by atoms with E-state index in [9.17, 15) is 0 Å². The lowest BCUT2D eigenvalue weighted by molar-refractivity contribution is 0.249. The molecule has 1 aromatic heterocycles. The molecule has 0 saturated carbocycles. The van der Waals surface area contributed by atoms with Gasteiger partial charge in [-0.3, -0.25) is 0 Å². The number of aromatic nitrogens is 1. The molecule has 2 heterocycles. The zero-order valence-electron chi connectivity index (χ0n) is 9.86. The maximum atomic E-state index is 5.90. The Kier molecular flexibility index (Phi) is 3.66. The van der Waals surface area contributed by atoms with Gasteiger partial charge in [-0.15, -0.1) is 0 Å². The van der Waals surface area contributed by atoms with Gasteiger partial charge in [-0.1, -0.05) is 11.6 Å². The van der Waals surface area contributed by atoms with Crippen LogP contribution in [0.3, 0.4) is 0 Å². The summed E-state index contributed by atoms with van der Waals surface area (Å²) in [7, 11) is 4.31. The molecule has 1 fully saturated rings. The maximum absolute atomic E-state index is 5.90. The van der Waals surface area contributed by atoms with Crippen molar-refractivity contribution in [3.05, 3.63) is 23.5 Å². The molecule has 1 saturated heterocycles. The van der Waals surface area contributed by atoms with Gasteiger partial charge in [0.2, 0.25) is 0 Å². The Morgan fingerprint density at radius 3 is 2.62 bits per heavy atom. The molecule has 0 radical (unpaired) electrons. The summed E-state index contributed by atoms with van der Waals surface area (Å²) >= 11 is 5.90. The molecule has 0 N–H and O–H groups in total. The van der Waals surface area contributed by atoms with Gasteiger partial charge < -0.3 is 9.80 Å². The third-order valence-electron chi connectivity index (χ3n) is 3.27. The third-order valence-corrected chi connectivity index (χ3v) is 3.48. The molecule has 0 aliphatic carbocycles. The van der Waals surface area contributed by atoms with Crippen LogP contribution >= 0.6 is 11.6 Å². The largest absolute Gasteiger partial charge is 0.371 e. The predicted molar refractivity (Wildman–Crippen MR) is 68.2 cm³/mol. The molecule has 0 spiro atoms. The van der Waals surface area contributed by atoms with Crippen molar-refractivity contribution in [2.24, 2.45) is 0 Å². The van der Waals surface area contributed by atoms with Gasteiger partial charge in [-0.2, -0.15) is 0 Å². The van der Waals surface area contributed by atoms with Crippen molar-refractivity contribution in [2.45, 2.75) is 18.9 Å². The Morgan fingerprint density at radius 1 is 1.38 bits per heavy atom. The molecule has 1 aromatic rings. The standard InChI is InChI=1S/C12H18ClN3/c1-15(2)10-4-7-16(8-5-10)11-3-6-14-12(13)9-11/h3,6,9-10H,4-5,7-8H2,1-2H3. The molecule has 0 aromatic carbocycles. The molecule has 0 amide bonds. The average molecular weight is 240 g/mol. The summed E-state index contributed by atoms with van der Waals surface area (Å²) in [6.07, 6.45) is 4.20. The lowest BCUT2D eigenvalue weighted by atomic mass is 10.0. The highest BCUT2D eigenvalue weighted by Crippen LogP contribution is 2.22.